The van der Waals surface area contributed by atoms with Crippen LogP contribution in [0.3, 0.4) is 0 Å². The van der Waals surface area contributed by atoms with E-state index in [9.17, 15) is 9.59 Å². The molecule has 1 aromatic carbocycles. The van der Waals surface area contributed by atoms with Gasteiger partial charge in [-0.2, -0.15) is 0 Å². The molecule has 0 radical (unpaired) electrons. The standard InChI is InChI=1S/C39H56O4/c1-26(40)43-32-17-18-36(6)30(35(32,4)5)16-19-38(8)31(36)15-14-28-29-24-34(2,3)20-22-39(29,23-21-37(28,38)7)33(41)42-25-27-12-10-9-11-13-27/h9-14,29-32H,15-25H2,1-8H3/t29?,30?,31?,32-,36-,37+,38+,39-/m0/s1. The summed E-state index contributed by atoms with van der Waals surface area (Å²) in [5.41, 5.74) is 2.85. The maximum absolute atomic E-state index is 14.2. The number of carbonyl (C=O) groups excluding carboxylic acids is 2. The van der Waals surface area contributed by atoms with Crippen molar-refractivity contribution in [2.45, 2.75) is 132 Å². The van der Waals surface area contributed by atoms with Crippen molar-refractivity contribution in [3.8, 4) is 0 Å². The first-order valence-corrected chi connectivity index (χ1v) is 17.2. The molecule has 0 N–H and O–H groups in total. The first-order valence-electron chi connectivity index (χ1n) is 17.2. The monoisotopic (exact) mass is 588 g/mol. The van der Waals surface area contributed by atoms with Gasteiger partial charge in [0.25, 0.3) is 0 Å². The van der Waals surface area contributed by atoms with E-state index in [-0.39, 0.29) is 51.0 Å². The van der Waals surface area contributed by atoms with E-state index in [0.717, 1.165) is 56.9 Å². The zero-order valence-electron chi connectivity index (χ0n) is 28.2. The Labute approximate surface area is 260 Å². The molecule has 236 valence electrons. The SMILES string of the molecule is CC(=O)O[C@H]1CC[C@@]2(C)C(CC[C@]3(C)C2CC=C2C4CC(C)(C)CC[C@]4(C(=O)OCc4ccccc4)CC[C@]23C)C1(C)C. The second kappa shape index (κ2) is 10.2. The van der Waals surface area contributed by atoms with Gasteiger partial charge in [0.2, 0.25) is 0 Å². The first-order chi connectivity index (χ1) is 20.1. The van der Waals surface area contributed by atoms with Crippen LogP contribution in [-0.4, -0.2) is 18.0 Å². The fourth-order valence-electron chi connectivity index (χ4n) is 11.9. The quantitative estimate of drug-likeness (QED) is 0.260. The molecule has 3 unspecified atom stereocenters. The third-order valence-corrected chi connectivity index (χ3v) is 14.5. The third-order valence-electron chi connectivity index (χ3n) is 14.5. The lowest BCUT2D eigenvalue weighted by Gasteiger charge is -2.71. The summed E-state index contributed by atoms with van der Waals surface area (Å²) >= 11 is 0. The molecule has 8 atom stereocenters. The molecular weight excluding hydrogens is 532 g/mol. The van der Waals surface area contributed by atoms with Gasteiger partial charge < -0.3 is 9.47 Å². The molecule has 0 spiro atoms. The van der Waals surface area contributed by atoms with Crippen LogP contribution in [-0.2, 0) is 25.7 Å². The first kappa shape index (κ1) is 30.9. The smallest absolute Gasteiger partial charge is 0.313 e. The summed E-state index contributed by atoms with van der Waals surface area (Å²) in [6.45, 7) is 19.2. The average Bonchev–Trinajstić information content (AvgIpc) is 2.94. The van der Waals surface area contributed by atoms with Crippen molar-refractivity contribution < 1.29 is 19.1 Å². The number of rotatable bonds is 4. The number of hydrogen-bond acceptors (Lipinski definition) is 4. The Bertz CT molecular complexity index is 1290. The molecule has 5 aliphatic rings. The van der Waals surface area contributed by atoms with Crippen LogP contribution in [0.1, 0.15) is 125 Å². The normalized spacial score (nSPS) is 42.7. The molecule has 0 bridgehead atoms. The minimum absolute atomic E-state index is 0.000577. The number of esters is 2. The molecule has 4 fully saturated rings. The summed E-state index contributed by atoms with van der Waals surface area (Å²) in [5.74, 6) is 1.24. The van der Waals surface area contributed by atoms with Gasteiger partial charge in [0.05, 0.1) is 5.41 Å². The van der Waals surface area contributed by atoms with E-state index in [1.165, 1.54) is 12.8 Å². The van der Waals surface area contributed by atoms with Crippen molar-refractivity contribution in [1.29, 1.82) is 0 Å². The highest BCUT2D eigenvalue weighted by molar-refractivity contribution is 5.79. The van der Waals surface area contributed by atoms with Crippen molar-refractivity contribution >= 4 is 11.9 Å². The number of hydrogen-bond donors (Lipinski definition) is 0. The zero-order chi connectivity index (χ0) is 31.1. The van der Waals surface area contributed by atoms with Gasteiger partial charge in [-0.25, -0.2) is 0 Å². The molecule has 1 aromatic rings. The van der Waals surface area contributed by atoms with E-state index in [0.29, 0.717) is 18.4 Å². The minimum atomic E-state index is -0.413. The molecule has 5 aliphatic carbocycles. The van der Waals surface area contributed by atoms with E-state index in [2.05, 4.69) is 54.5 Å². The number of benzene rings is 1. The predicted octanol–water partition coefficient (Wildman–Crippen LogP) is 9.46. The molecule has 0 heterocycles. The summed E-state index contributed by atoms with van der Waals surface area (Å²) in [6, 6.07) is 10.1. The Morgan fingerprint density at radius 2 is 1.53 bits per heavy atom. The molecule has 0 amide bonds. The van der Waals surface area contributed by atoms with Gasteiger partial charge in [0.1, 0.15) is 12.7 Å². The van der Waals surface area contributed by atoms with Crippen LogP contribution in [0.4, 0.5) is 0 Å². The Hall–Kier alpha value is -2.10. The molecule has 4 heteroatoms. The maximum atomic E-state index is 14.2. The Balaban J connectivity index is 1.34. The van der Waals surface area contributed by atoms with Gasteiger partial charge >= 0.3 is 11.9 Å². The molecular formula is C39H56O4. The zero-order valence-corrected chi connectivity index (χ0v) is 28.2. The van der Waals surface area contributed by atoms with Crippen LogP contribution in [0.15, 0.2) is 42.0 Å². The summed E-state index contributed by atoms with van der Waals surface area (Å²) in [6.07, 6.45) is 13.2. The van der Waals surface area contributed by atoms with E-state index in [4.69, 9.17) is 9.47 Å². The highest BCUT2D eigenvalue weighted by Gasteiger charge is 2.69. The average molecular weight is 589 g/mol. The van der Waals surface area contributed by atoms with Crippen molar-refractivity contribution in [2.75, 3.05) is 0 Å². The van der Waals surface area contributed by atoms with Crippen LogP contribution >= 0.6 is 0 Å². The van der Waals surface area contributed by atoms with Crippen molar-refractivity contribution in [3.05, 3.63) is 47.5 Å². The maximum Gasteiger partial charge on any atom is 0.313 e. The number of allylic oxidation sites excluding steroid dienone is 2. The summed E-state index contributed by atoms with van der Waals surface area (Å²) in [7, 11) is 0. The molecule has 4 saturated carbocycles. The van der Waals surface area contributed by atoms with Crippen molar-refractivity contribution in [1.82, 2.24) is 0 Å². The summed E-state index contributed by atoms with van der Waals surface area (Å²) < 4.78 is 12.1. The lowest BCUT2D eigenvalue weighted by Crippen LogP contribution is -2.65. The van der Waals surface area contributed by atoms with Gasteiger partial charge in [-0.15, -0.1) is 0 Å². The van der Waals surface area contributed by atoms with Crippen molar-refractivity contribution in [3.63, 3.8) is 0 Å². The van der Waals surface area contributed by atoms with Gasteiger partial charge in [0, 0.05) is 12.3 Å². The second-order valence-electron chi connectivity index (χ2n) is 17.4. The van der Waals surface area contributed by atoms with Crippen LogP contribution in [0.2, 0.25) is 0 Å². The Kier molecular flexibility index (Phi) is 7.34. The Morgan fingerprint density at radius 3 is 2.23 bits per heavy atom. The highest BCUT2D eigenvalue weighted by atomic mass is 16.5. The number of carbonyl (C=O) groups is 2. The minimum Gasteiger partial charge on any atom is -0.462 e. The molecule has 4 nitrogen and oxygen atoms in total. The van der Waals surface area contributed by atoms with Crippen LogP contribution < -0.4 is 0 Å². The predicted molar refractivity (Wildman–Crippen MR) is 171 cm³/mol. The Morgan fingerprint density at radius 1 is 0.837 bits per heavy atom. The molecule has 43 heavy (non-hydrogen) atoms. The molecule has 6 rings (SSSR count). The van der Waals surface area contributed by atoms with E-state index in [1.807, 2.05) is 30.3 Å². The topological polar surface area (TPSA) is 52.6 Å². The van der Waals surface area contributed by atoms with Gasteiger partial charge in [-0.3, -0.25) is 9.59 Å². The fourth-order valence-corrected chi connectivity index (χ4v) is 11.9. The fraction of sp³-hybridized carbons (Fsp3) is 0.744. The lowest BCUT2D eigenvalue weighted by atomic mass is 9.33. The van der Waals surface area contributed by atoms with Gasteiger partial charge in [-0.05, 0) is 109 Å². The molecule has 0 aliphatic heterocycles. The van der Waals surface area contributed by atoms with E-state index >= 15 is 0 Å². The van der Waals surface area contributed by atoms with E-state index in [1.54, 1.807) is 12.5 Å². The summed E-state index contributed by atoms with van der Waals surface area (Å²) in [4.78, 5) is 26.2. The van der Waals surface area contributed by atoms with Crippen LogP contribution in [0.25, 0.3) is 0 Å². The van der Waals surface area contributed by atoms with Gasteiger partial charge in [-0.1, -0.05) is 90.4 Å². The molecule has 0 aromatic heterocycles. The third kappa shape index (κ3) is 4.58. The van der Waals surface area contributed by atoms with E-state index < -0.39 is 5.41 Å². The number of ether oxygens (including phenoxy) is 2. The second-order valence-corrected chi connectivity index (χ2v) is 17.4. The lowest BCUT2D eigenvalue weighted by molar-refractivity contribution is -0.213. The largest absolute Gasteiger partial charge is 0.462 e. The van der Waals surface area contributed by atoms with Crippen LogP contribution in [0, 0.1) is 50.2 Å². The molecule has 0 saturated heterocycles. The van der Waals surface area contributed by atoms with Crippen LogP contribution in [0.5, 0.6) is 0 Å². The van der Waals surface area contributed by atoms with Crippen molar-refractivity contribution in [2.24, 2.45) is 50.2 Å². The highest BCUT2D eigenvalue weighted by Crippen LogP contribution is 2.76. The number of fused-ring (bicyclic) bond motifs is 7. The summed E-state index contributed by atoms with van der Waals surface area (Å²) in [5, 5.41) is 0. The van der Waals surface area contributed by atoms with Gasteiger partial charge in [0.15, 0.2) is 0 Å².